The number of aliphatic carboxylic acids is 1. The molecule has 116 valence electrons. The van der Waals surface area contributed by atoms with Crippen molar-refractivity contribution in [1.82, 2.24) is 10.2 Å². The van der Waals surface area contributed by atoms with Crippen LogP contribution in [0.25, 0.3) is 0 Å². The summed E-state index contributed by atoms with van der Waals surface area (Å²) in [5, 5.41) is 10.8. The Balaban J connectivity index is 1.51. The van der Waals surface area contributed by atoms with Crippen LogP contribution in [0.4, 0.5) is 0 Å². The zero-order chi connectivity index (χ0) is 15.7. The number of benzene rings is 1. The second-order valence-electron chi connectivity index (χ2n) is 4.98. The molecule has 2 unspecified atom stereocenters. The fraction of sp³-hybridized carbons (Fsp3) is 0.357. The normalized spacial score (nSPS) is 26.1. The Hall–Kier alpha value is -2.22. The first-order valence-corrected chi connectivity index (χ1v) is 7.76. The first-order chi connectivity index (χ1) is 10.6. The number of carbonyl (C=O) groups excluding carboxylic acids is 2. The number of amides is 2. The topological polar surface area (TPSA) is 95.9 Å². The second-order valence-corrected chi connectivity index (χ2v) is 6.10. The van der Waals surface area contributed by atoms with Gasteiger partial charge in [0.25, 0.3) is 5.91 Å². The van der Waals surface area contributed by atoms with Gasteiger partial charge in [-0.3, -0.25) is 9.59 Å². The van der Waals surface area contributed by atoms with E-state index in [0.29, 0.717) is 11.5 Å². The first-order valence-electron chi connectivity index (χ1n) is 6.72. The molecule has 0 radical (unpaired) electrons. The summed E-state index contributed by atoms with van der Waals surface area (Å²) in [7, 11) is 0. The fourth-order valence-electron chi connectivity index (χ4n) is 2.53. The summed E-state index contributed by atoms with van der Waals surface area (Å²) >= 11 is 1.20. The van der Waals surface area contributed by atoms with E-state index in [0.717, 1.165) is 0 Å². The van der Waals surface area contributed by atoms with E-state index >= 15 is 0 Å². The lowest BCUT2D eigenvalue weighted by Crippen LogP contribution is -2.71. The zero-order valence-corrected chi connectivity index (χ0v) is 12.3. The number of hydrogen-bond donors (Lipinski definition) is 2. The van der Waals surface area contributed by atoms with E-state index in [9.17, 15) is 14.4 Å². The van der Waals surface area contributed by atoms with Crippen LogP contribution in [-0.2, 0) is 14.4 Å². The Morgan fingerprint density at radius 3 is 2.77 bits per heavy atom. The molecule has 1 aromatic rings. The minimum atomic E-state index is -1.03. The van der Waals surface area contributed by atoms with Crippen LogP contribution in [-0.4, -0.2) is 57.6 Å². The molecule has 0 saturated carbocycles. The molecule has 2 amide bonds. The molecular formula is C14H14N2O5S. The zero-order valence-electron chi connectivity index (χ0n) is 11.5. The summed E-state index contributed by atoms with van der Waals surface area (Å²) in [6.45, 7) is -0.185. The molecule has 2 aliphatic heterocycles. The van der Waals surface area contributed by atoms with Gasteiger partial charge in [-0.05, 0) is 12.1 Å². The van der Waals surface area contributed by atoms with Crippen molar-refractivity contribution < 1.29 is 24.2 Å². The van der Waals surface area contributed by atoms with E-state index in [1.807, 2.05) is 6.07 Å². The number of thioether (sulfide) groups is 1. The quantitative estimate of drug-likeness (QED) is 0.736. The summed E-state index contributed by atoms with van der Waals surface area (Å²) < 4.78 is 5.31. The van der Waals surface area contributed by atoms with E-state index in [2.05, 4.69) is 5.32 Å². The molecule has 22 heavy (non-hydrogen) atoms. The molecule has 0 spiro atoms. The SMILES string of the molecule is O=C(COc1ccccc1)N[C@H]1C(=O)N2C(C(=O)O)SCC12. The average molecular weight is 322 g/mol. The number of fused-ring (bicyclic) bond motifs is 1. The van der Waals surface area contributed by atoms with Gasteiger partial charge in [0.15, 0.2) is 12.0 Å². The Bertz CT molecular complexity index is 609. The number of carbonyl (C=O) groups is 3. The van der Waals surface area contributed by atoms with Gasteiger partial charge in [-0.2, -0.15) is 0 Å². The van der Waals surface area contributed by atoms with Gasteiger partial charge < -0.3 is 20.1 Å². The molecule has 3 atom stereocenters. The van der Waals surface area contributed by atoms with Crippen molar-refractivity contribution in [3.05, 3.63) is 30.3 Å². The van der Waals surface area contributed by atoms with Crippen LogP contribution >= 0.6 is 11.8 Å². The van der Waals surface area contributed by atoms with Gasteiger partial charge in [0.2, 0.25) is 5.91 Å². The third-order valence-electron chi connectivity index (χ3n) is 3.58. The predicted molar refractivity (Wildman–Crippen MR) is 78.4 cm³/mol. The molecule has 3 rings (SSSR count). The molecule has 8 heteroatoms. The lowest BCUT2D eigenvalue weighted by molar-refractivity contribution is -0.159. The lowest BCUT2D eigenvalue weighted by atomic mass is 9.97. The van der Waals surface area contributed by atoms with Gasteiger partial charge in [0.1, 0.15) is 11.8 Å². The number of nitrogens with zero attached hydrogens (tertiary/aromatic N) is 1. The molecule has 7 nitrogen and oxygen atoms in total. The molecular weight excluding hydrogens is 308 g/mol. The lowest BCUT2D eigenvalue weighted by Gasteiger charge is -2.43. The molecule has 2 aliphatic rings. The maximum atomic E-state index is 12.0. The van der Waals surface area contributed by atoms with Crippen LogP contribution in [0.5, 0.6) is 5.75 Å². The maximum Gasteiger partial charge on any atom is 0.337 e. The van der Waals surface area contributed by atoms with Crippen molar-refractivity contribution in [1.29, 1.82) is 0 Å². The number of carboxylic acid groups (broad SMARTS) is 1. The molecule has 2 N–H and O–H groups in total. The minimum Gasteiger partial charge on any atom is -0.484 e. The Morgan fingerprint density at radius 2 is 2.09 bits per heavy atom. The highest BCUT2D eigenvalue weighted by Gasteiger charge is 2.57. The standard InChI is InChI=1S/C14H14N2O5S/c17-10(6-21-8-4-2-1-3-5-8)15-11-9-7-22-13(14(19)20)16(9)12(11)18/h1-5,9,11,13H,6-7H2,(H,15,17)(H,19,20)/t9?,11-,13?/m1/s1. The highest BCUT2D eigenvalue weighted by molar-refractivity contribution is 8.00. The first kappa shape index (κ1) is 14.7. The second kappa shape index (κ2) is 5.88. The minimum absolute atomic E-state index is 0.185. The van der Waals surface area contributed by atoms with Crippen LogP contribution < -0.4 is 10.1 Å². The van der Waals surface area contributed by atoms with Crippen LogP contribution in [0.3, 0.4) is 0 Å². The molecule has 2 heterocycles. The largest absolute Gasteiger partial charge is 0.484 e. The monoisotopic (exact) mass is 322 g/mol. The van der Waals surface area contributed by atoms with Crippen molar-refractivity contribution in [3.8, 4) is 5.75 Å². The van der Waals surface area contributed by atoms with E-state index in [1.54, 1.807) is 24.3 Å². The van der Waals surface area contributed by atoms with Crippen LogP contribution in [0.15, 0.2) is 30.3 Å². The van der Waals surface area contributed by atoms with Crippen LogP contribution in [0.1, 0.15) is 0 Å². The number of β-lactam (4-membered cyclic amide) rings is 1. The van der Waals surface area contributed by atoms with Gasteiger partial charge in [-0.25, -0.2) is 4.79 Å². The van der Waals surface area contributed by atoms with E-state index in [4.69, 9.17) is 9.84 Å². The van der Waals surface area contributed by atoms with E-state index < -0.39 is 23.3 Å². The number of hydrogen-bond acceptors (Lipinski definition) is 5. The van der Waals surface area contributed by atoms with E-state index in [-0.39, 0.29) is 18.6 Å². The molecule has 1 aromatic carbocycles. The number of nitrogens with one attached hydrogen (secondary N) is 1. The highest BCUT2D eigenvalue weighted by atomic mass is 32.2. The van der Waals surface area contributed by atoms with Crippen LogP contribution in [0.2, 0.25) is 0 Å². The summed E-state index contributed by atoms with van der Waals surface area (Å²) in [6.07, 6.45) is 0. The Kier molecular flexibility index (Phi) is 3.93. The predicted octanol–water partition coefficient (Wildman–Crippen LogP) is -0.0815. The smallest absolute Gasteiger partial charge is 0.337 e. The van der Waals surface area contributed by atoms with Gasteiger partial charge in [-0.15, -0.1) is 11.8 Å². The summed E-state index contributed by atoms with van der Waals surface area (Å²) in [6, 6.07) is 7.99. The summed E-state index contributed by atoms with van der Waals surface area (Å²) in [5.41, 5.74) is 0. The maximum absolute atomic E-state index is 12.0. The van der Waals surface area contributed by atoms with Crippen molar-refractivity contribution >= 4 is 29.5 Å². The highest BCUT2D eigenvalue weighted by Crippen LogP contribution is 2.38. The number of ether oxygens (including phenoxy) is 1. The van der Waals surface area contributed by atoms with Crippen molar-refractivity contribution in [2.75, 3.05) is 12.4 Å². The summed E-state index contributed by atoms with van der Waals surface area (Å²) in [4.78, 5) is 36.1. The summed E-state index contributed by atoms with van der Waals surface area (Å²) in [5.74, 6) is -0.701. The molecule has 2 fully saturated rings. The van der Waals surface area contributed by atoms with Crippen molar-refractivity contribution in [2.45, 2.75) is 17.5 Å². The molecule has 0 bridgehead atoms. The average Bonchev–Trinajstić information content (AvgIpc) is 2.92. The Labute approximate surface area is 130 Å². The molecule has 0 aromatic heterocycles. The van der Waals surface area contributed by atoms with Gasteiger partial charge >= 0.3 is 5.97 Å². The van der Waals surface area contributed by atoms with Crippen LogP contribution in [0, 0.1) is 0 Å². The van der Waals surface area contributed by atoms with Gasteiger partial charge in [0.05, 0.1) is 6.04 Å². The number of carboxylic acids is 1. The Morgan fingerprint density at radius 1 is 1.36 bits per heavy atom. The third kappa shape index (κ3) is 2.61. The van der Waals surface area contributed by atoms with Crippen molar-refractivity contribution in [3.63, 3.8) is 0 Å². The number of para-hydroxylation sites is 1. The fourth-order valence-corrected chi connectivity index (χ4v) is 3.83. The molecule has 2 saturated heterocycles. The van der Waals surface area contributed by atoms with Gasteiger partial charge in [-0.1, -0.05) is 18.2 Å². The van der Waals surface area contributed by atoms with E-state index in [1.165, 1.54) is 16.7 Å². The van der Waals surface area contributed by atoms with Crippen molar-refractivity contribution in [2.24, 2.45) is 0 Å². The third-order valence-corrected chi connectivity index (χ3v) is 4.86. The number of rotatable bonds is 5. The van der Waals surface area contributed by atoms with Gasteiger partial charge in [0, 0.05) is 5.75 Å². The molecule has 0 aliphatic carbocycles.